The smallest absolute Gasteiger partial charge is 0.161 e. The van der Waals surface area contributed by atoms with E-state index in [1.54, 1.807) is 7.11 Å². The van der Waals surface area contributed by atoms with E-state index in [0.29, 0.717) is 17.6 Å². The number of halogens is 1. The molecule has 1 aliphatic heterocycles. The van der Waals surface area contributed by atoms with Crippen LogP contribution in [-0.2, 0) is 0 Å². The fourth-order valence-corrected chi connectivity index (χ4v) is 4.38. The van der Waals surface area contributed by atoms with Crippen molar-refractivity contribution < 1.29 is 9.84 Å². The number of hydrogen-bond acceptors (Lipinski definition) is 3. The molecule has 118 valence electrons. The zero-order valence-corrected chi connectivity index (χ0v) is 14.4. The van der Waals surface area contributed by atoms with Gasteiger partial charge in [-0.3, -0.25) is 0 Å². The average Bonchev–Trinajstić information content (AvgIpc) is 3.06. The number of phenolic OH excluding ortho intramolecular Hbond substituents is 1. The maximum atomic E-state index is 10.2. The van der Waals surface area contributed by atoms with Gasteiger partial charge in [0.2, 0.25) is 0 Å². The highest BCUT2D eigenvalue weighted by Crippen LogP contribution is 2.51. The first-order valence-corrected chi connectivity index (χ1v) is 8.57. The van der Waals surface area contributed by atoms with Crippen LogP contribution in [0.5, 0.6) is 11.5 Å². The largest absolute Gasteiger partial charge is 0.504 e. The van der Waals surface area contributed by atoms with Gasteiger partial charge in [-0.15, -0.1) is 0 Å². The Labute approximate surface area is 144 Å². The predicted molar refractivity (Wildman–Crippen MR) is 95.2 cm³/mol. The van der Waals surface area contributed by atoms with Gasteiger partial charge in [0, 0.05) is 16.1 Å². The minimum atomic E-state index is 0.149. The summed E-state index contributed by atoms with van der Waals surface area (Å²) in [6, 6.07) is 12.3. The zero-order valence-electron chi connectivity index (χ0n) is 12.8. The molecule has 2 N–H and O–H groups in total. The van der Waals surface area contributed by atoms with Gasteiger partial charge in [0.05, 0.1) is 13.2 Å². The molecule has 4 heteroatoms. The molecule has 0 radical (unpaired) electrons. The lowest BCUT2D eigenvalue weighted by Crippen LogP contribution is -2.29. The third-order valence-corrected chi connectivity index (χ3v) is 5.59. The molecule has 1 aliphatic carbocycles. The Bertz CT molecular complexity index is 787. The van der Waals surface area contributed by atoms with Crippen LogP contribution in [0, 0.1) is 5.92 Å². The predicted octanol–water partition coefficient (Wildman–Crippen LogP) is 4.99. The van der Waals surface area contributed by atoms with Gasteiger partial charge in [-0.05, 0) is 41.7 Å². The lowest BCUT2D eigenvalue weighted by molar-refractivity contribution is 0.370. The average molecular weight is 372 g/mol. The molecule has 3 atom stereocenters. The molecule has 2 aliphatic rings. The molecule has 0 amide bonds. The highest BCUT2D eigenvalue weighted by molar-refractivity contribution is 9.10. The highest BCUT2D eigenvalue weighted by atomic mass is 79.9. The Morgan fingerprint density at radius 3 is 2.87 bits per heavy atom. The molecule has 0 spiro atoms. The van der Waals surface area contributed by atoms with Crippen LogP contribution in [0.1, 0.15) is 29.5 Å². The Morgan fingerprint density at radius 1 is 1.22 bits per heavy atom. The number of anilines is 1. The van der Waals surface area contributed by atoms with Gasteiger partial charge in [-0.1, -0.05) is 46.3 Å². The van der Waals surface area contributed by atoms with Crippen molar-refractivity contribution in [3.63, 3.8) is 0 Å². The normalized spacial score (nSPS) is 24.7. The van der Waals surface area contributed by atoms with Crippen LogP contribution in [0.3, 0.4) is 0 Å². The van der Waals surface area contributed by atoms with Gasteiger partial charge in [0.1, 0.15) is 0 Å². The van der Waals surface area contributed by atoms with Crippen molar-refractivity contribution in [2.45, 2.75) is 18.4 Å². The second-order valence-corrected chi connectivity index (χ2v) is 6.96. The molecule has 1 heterocycles. The summed E-state index contributed by atoms with van der Waals surface area (Å²) in [6.07, 6.45) is 5.62. The van der Waals surface area contributed by atoms with Gasteiger partial charge in [0.15, 0.2) is 11.5 Å². The van der Waals surface area contributed by atoms with Gasteiger partial charge >= 0.3 is 0 Å². The highest BCUT2D eigenvalue weighted by Gasteiger charge is 2.38. The summed E-state index contributed by atoms with van der Waals surface area (Å²) in [5.41, 5.74) is 3.60. The van der Waals surface area contributed by atoms with E-state index in [0.717, 1.165) is 16.5 Å². The molecular formula is C19H18BrNO2. The number of benzene rings is 2. The summed E-state index contributed by atoms with van der Waals surface area (Å²) in [7, 11) is 1.56. The number of methoxy groups -OCH3 is 1. The Hall–Kier alpha value is -1.94. The van der Waals surface area contributed by atoms with Crippen LogP contribution in [0.4, 0.5) is 5.69 Å². The number of allylic oxidation sites excluding steroid dienone is 2. The van der Waals surface area contributed by atoms with Crippen LogP contribution < -0.4 is 10.1 Å². The number of fused-ring (bicyclic) bond motifs is 3. The van der Waals surface area contributed by atoms with Crippen molar-refractivity contribution >= 4 is 21.6 Å². The van der Waals surface area contributed by atoms with E-state index in [2.05, 4.69) is 57.7 Å². The van der Waals surface area contributed by atoms with Crippen molar-refractivity contribution in [1.82, 2.24) is 0 Å². The van der Waals surface area contributed by atoms with Crippen LogP contribution in [-0.4, -0.2) is 12.2 Å². The topological polar surface area (TPSA) is 41.5 Å². The van der Waals surface area contributed by atoms with Crippen LogP contribution >= 0.6 is 15.9 Å². The minimum Gasteiger partial charge on any atom is -0.504 e. The molecule has 4 rings (SSSR count). The molecule has 0 aromatic heterocycles. The number of phenols is 1. The first-order chi connectivity index (χ1) is 11.2. The molecule has 0 bridgehead atoms. The fourth-order valence-electron chi connectivity index (χ4n) is 3.81. The van der Waals surface area contributed by atoms with Crippen molar-refractivity contribution in [2.24, 2.45) is 5.92 Å². The maximum absolute atomic E-state index is 10.2. The van der Waals surface area contributed by atoms with Crippen LogP contribution in [0.15, 0.2) is 53.0 Å². The van der Waals surface area contributed by atoms with Crippen molar-refractivity contribution in [3.8, 4) is 11.5 Å². The summed E-state index contributed by atoms with van der Waals surface area (Å²) < 4.78 is 6.15. The van der Waals surface area contributed by atoms with E-state index in [4.69, 9.17) is 4.74 Å². The van der Waals surface area contributed by atoms with E-state index in [1.807, 2.05) is 12.1 Å². The minimum absolute atomic E-state index is 0.149. The molecule has 2 aromatic rings. The van der Waals surface area contributed by atoms with E-state index in [-0.39, 0.29) is 11.8 Å². The summed E-state index contributed by atoms with van der Waals surface area (Å²) in [4.78, 5) is 0. The molecule has 0 fully saturated rings. The number of hydrogen-bond donors (Lipinski definition) is 2. The first kappa shape index (κ1) is 14.6. The van der Waals surface area contributed by atoms with E-state index in [9.17, 15) is 5.11 Å². The summed E-state index contributed by atoms with van der Waals surface area (Å²) >= 11 is 3.64. The van der Waals surface area contributed by atoms with E-state index in [1.165, 1.54) is 11.3 Å². The fraction of sp³-hybridized carbons (Fsp3) is 0.263. The number of para-hydroxylation sites is 1. The van der Waals surface area contributed by atoms with Crippen molar-refractivity contribution in [1.29, 1.82) is 0 Å². The molecule has 3 unspecified atom stereocenters. The lowest BCUT2D eigenvalue weighted by Gasteiger charge is -2.38. The number of rotatable bonds is 2. The first-order valence-electron chi connectivity index (χ1n) is 7.77. The number of ether oxygens (including phenoxy) is 1. The van der Waals surface area contributed by atoms with Crippen LogP contribution in [0.25, 0.3) is 0 Å². The van der Waals surface area contributed by atoms with Crippen molar-refractivity contribution in [2.75, 3.05) is 12.4 Å². The molecule has 23 heavy (non-hydrogen) atoms. The van der Waals surface area contributed by atoms with E-state index >= 15 is 0 Å². The maximum Gasteiger partial charge on any atom is 0.161 e. The third kappa shape index (κ3) is 2.32. The Morgan fingerprint density at radius 2 is 2.04 bits per heavy atom. The monoisotopic (exact) mass is 371 g/mol. The van der Waals surface area contributed by atoms with Gasteiger partial charge in [0.25, 0.3) is 0 Å². The Kier molecular flexibility index (Phi) is 3.57. The second kappa shape index (κ2) is 5.60. The number of aromatic hydroxyl groups is 1. The molecular weight excluding hydrogens is 354 g/mol. The van der Waals surface area contributed by atoms with E-state index < -0.39 is 0 Å². The van der Waals surface area contributed by atoms with Crippen molar-refractivity contribution in [3.05, 3.63) is 64.1 Å². The third-order valence-electron chi connectivity index (χ3n) is 4.91. The Balaban J connectivity index is 1.80. The summed E-state index contributed by atoms with van der Waals surface area (Å²) in [5, 5.41) is 13.9. The lowest BCUT2D eigenvalue weighted by atomic mass is 9.77. The number of nitrogens with one attached hydrogen (secondary N) is 1. The second-order valence-electron chi connectivity index (χ2n) is 6.11. The molecule has 2 aromatic carbocycles. The van der Waals surface area contributed by atoms with Gasteiger partial charge < -0.3 is 15.2 Å². The molecule has 0 saturated heterocycles. The van der Waals surface area contributed by atoms with Gasteiger partial charge in [-0.25, -0.2) is 0 Å². The zero-order chi connectivity index (χ0) is 16.0. The summed E-state index contributed by atoms with van der Waals surface area (Å²) in [5.74, 6) is 1.54. The molecule has 3 nitrogen and oxygen atoms in total. The SMILES string of the molecule is COc1cc(Br)c(C2Nc3ccccc3C3C=CCC32)cc1O. The molecule has 0 saturated carbocycles. The van der Waals surface area contributed by atoms with Gasteiger partial charge in [-0.2, -0.15) is 0 Å². The quantitative estimate of drug-likeness (QED) is 0.730. The standard InChI is InChI=1S/C19H18BrNO2/c1-23-18-10-15(20)14(9-17(18)22)19-13-7-4-6-11(13)12-5-2-3-8-16(12)21-19/h2-6,8-11,13,19,21-22H,7H2,1H3. The van der Waals surface area contributed by atoms with Crippen LogP contribution in [0.2, 0.25) is 0 Å². The summed E-state index contributed by atoms with van der Waals surface area (Å²) in [6.45, 7) is 0.